The van der Waals surface area contributed by atoms with Crippen molar-refractivity contribution in [3.8, 4) is 6.07 Å². The number of nitriles is 1. The molecule has 186 valence electrons. The maximum Gasteiger partial charge on any atom is 0.355 e. The van der Waals surface area contributed by atoms with Gasteiger partial charge in [-0.05, 0) is 36.2 Å². The van der Waals surface area contributed by atoms with Crippen LogP contribution in [0.4, 0.5) is 11.4 Å². The van der Waals surface area contributed by atoms with Gasteiger partial charge in [0.2, 0.25) is 10.0 Å². The number of hydrogen-bond acceptors (Lipinski definition) is 9. The monoisotopic (exact) mass is 508 g/mol. The molecule has 2 aliphatic rings. The van der Waals surface area contributed by atoms with E-state index in [1.807, 2.05) is 0 Å². The number of sulfonamides is 1. The van der Waals surface area contributed by atoms with Gasteiger partial charge in [0, 0.05) is 12.2 Å². The molecule has 11 heteroatoms. The maximum absolute atomic E-state index is 13.1. The van der Waals surface area contributed by atoms with E-state index >= 15 is 0 Å². The highest BCUT2D eigenvalue weighted by molar-refractivity contribution is 7.93. The molecule has 4 rings (SSSR count). The van der Waals surface area contributed by atoms with Crippen LogP contribution >= 0.6 is 0 Å². The van der Waals surface area contributed by atoms with Gasteiger partial charge in [0.1, 0.15) is 11.5 Å². The van der Waals surface area contributed by atoms with Gasteiger partial charge in [-0.1, -0.05) is 30.3 Å². The number of carbonyl (C=O) groups excluding carboxylic acids is 2. The fourth-order valence-corrected chi connectivity index (χ4v) is 6.04. The number of anilines is 2. The number of benzene rings is 2. The molecule has 0 aromatic heterocycles. The minimum atomic E-state index is -3.39. The summed E-state index contributed by atoms with van der Waals surface area (Å²) in [4.78, 5) is 27.4. The zero-order valence-electron chi connectivity index (χ0n) is 19.7. The highest BCUT2D eigenvalue weighted by Crippen LogP contribution is 2.43. The molecule has 0 bridgehead atoms. The predicted molar refractivity (Wildman–Crippen MR) is 132 cm³/mol. The molecule has 2 aromatic carbocycles. The second kappa shape index (κ2) is 9.75. The first-order chi connectivity index (χ1) is 17.2. The highest BCUT2D eigenvalue weighted by Gasteiger charge is 2.43. The summed E-state index contributed by atoms with van der Waals surface area (Å²) < 4.78 is 36.0. The number of hydrogen-bond donors (Lipinski definition) is 1. The molecular formula is C25H24N4O6S. The SMILES string of the molecule is COC(=O)C1=C(C(=O)OC)N(c2ccc(N3CCCS3(=O)=O)cc2)C(N)=C(C#N)C1c1ccccc1. The second-order valence-electron chi connectivity index (χ2n) is 8.09. The molecule has 2 aromatic rings. The number of ether oxygens (including phenoxy) is 2. The van der Waals surface area contributed by atoms with Gasteiger partial charge in [0.25, 0.3) is 0 Å². The molecule has 0 radical (unpaired) electrons. The van der Waals surface area contributed by atoms with Crippen LogP contribution in [0.1, 0.15) is 17.9 Å². The third-order valence-corrected chi connectivity index (χ3v) is 7.98. The Morgan fingerprint density at radius 1 is 1.00 bits per heavy atom. The number of nitrogens with two attached hydrogens (primary N) is 1. The van der Waals surface area contributed by atoms with Crippen LogP contribution in [-0.4, -0.2) is 46.9 Å². The molecule has 1 atom stereocenters. The summed E-state index contributed by atoms with van der Waals surface area (Å²) in [5.41, 5.74) is 7.55. The van der Waals surface area contributed by atoms with Gasteiger partial charge >= 0.3 is 11.9 Å². The van der Waals surface area contributed by atoms with E-state index in [2.05, 4.69) is 6.07 Å². The van der Waals surface area contributed by atoms with Crippen molar-refractivity contribution in [2.45, 2.75) is 12.3 Å². The number of rotatable bonds is 5. The fourth-order valence-electron chi connectivity index (χ4n) is 4.48. The third kappa shape index (κ3) is 4.16. The van der Waals surface area contributed by atoms with E-state index in [1.54, 1.807) is 54.6 Å². The first-order valence-corrected chi connectivity index (χ1v) is 12.6. The van der Waals surface area contributed by atoms with Crippen LogP contribution in [0.3, 0.4) is 0 Å². The van der Waals surface area contributed by atoms with Crippen molar-refractivity contribution in [2.24, 2.45) is 5.73 Å². The lowest BCUT2D eigenvalue weighted by Crippen LogP contribution is -2.40. The van der Waals surface area contributed by atoms with E-state index in [0.29, 0.717) is 29.9 Å². The van der Waals surface area contributed by atoms with Gasteiger partial charge in [-0.25, -0.2) is 18.0 Å². The fraction of sp³-hybridized carbons (Fsp3) is 0.240. The summed E-state index contributed by atoms with van der Waals surface area (Å²) in [5, 5.41) is 10.1. The van der Waals surface area contributed by atoms with E-state index in [1.165, 1.54) is 23.4 Å². The lowest BCUT2D eigenvalue weighted by Gasteiger charge is -2.36. The minimum Gasteiger partial charge on any atom is -0.466 e. The summed E-state index contributed by atoms with van der Waals surface area (Å²) >= 11 is 0. The summed E-state index contributed by atoms with van der Waals surface area (Å²) in [6.07, 6.45) is 0.524. The van der Waals surface area contributed by atoms with Crippen molar-refractivity contribution in [1.82, 2.24) is 0 Å². The Hall–Kier alpha value is -4.30. The molecule has 2 aliphatic heterocycles. The normalized spacial score (nSPS) is 19.2. The zero-order valence-corrected chi connectivity index (χ0v) is 20.5. The summed E-state index contributed by atoms with van der Waals surface area (Å²) in [6.45, 7) is 0.366. The van der Waals surface area contributed by atoms with Gasteiger partial charge < -0.3 is 15.2 Å². The molecule has 0 saturated carbocycles. The molecule has 1 unspecified atom stereocenters. The maximum atomic E-state index is 13.1. The number of methoxy groups -OCH3 is 2. The molecule has 0 aliphatic carbocycles. The van der Waals surface area contributed by atoms with Crippen molar-refractivity contribution in [1.29, 1.82) is 5.26 Å². The molecule has 0 amide bonds. The van der Waals surface area contributed by atoms with E-state index in [0.717, 1.165) is 0 Å². The Bertz CT molecular complexity index is 1410. The van der Waals surface area contributed by atoms with Gasteiger partial charge in [-0.3, -0.25) is 9.21 Å². The minimum absolute atomic E-state index is 0.0421. The van der Waals surface area contributed by atoms with Crippen LogP contribution in [0.2, 0.25) is 0 Å². The third-order valence-electron chi connectivity index (χ3n) is 6.11. The Kier molecular flexibility index (Phi) is 6.72. The Morgan fingerprint density at radius 3 is 2.14 bits per heavy atom. The number of carbonyl (C=O) groups is 2. The molecule has 0 spiro atoms. The number of nitrogens with zero attached hydrogens (tertiary/aromatic N) is 3. The molecule has 1 saturated heterocycles. The number of esters is 2. The van der Waals surface area contributed by atoms with Crippen LogP contribution in [0.25, 0.3) is 0 Å². The lowest BCUT2D eigenvalue weighted by molar-refractivity contribution is -0.139. The lowest BCUT2D eigenvalue weighted by atomic mass is 9.81. The van der Waals surface area contributed by atoms with E-state index < -0.39 is 27.9 Å². The summed E-state index contributed by atoms with van der Waals surface area (Å²) in [5.74, 6) is -2.65. The number of allylic oxidation sites excluding steroid dienone is 1. The van der Waals surface area contributed by atoms with Crippen LogP contribution in [-0.2, 0) is 29.1 Å². The van der Waals surface area contributed by atoms with Crippen molar-refractivity contribution >= 4 is 33.3 Å². The van der Waals surface area contributed by atoms with Crippen molar-refractivity contribution in [2.75, 3.05) is 35.7 Å². The van der Waals surface area contributed by atoms with Gasteiger partial charge in [0.05, 0.1) is 48.8 Å². The predicted octanol–water partition coefficient (Wildman–Crippen LogP) is 2.12. The molecular weight excluding hydrogens is 484 g/mol. The van der Waals surface area contributed by atoms with Crippen LogP contribution in [0.15, 0.2) is 77.3 Å². The first kappa shape index (κ1) is 24.8. The molecule has 10 nitrogen and oxygen atoms in total. The van der Waals surface area contributed by atoms with Gasteiger partial charge in [-0.2, -0.15) is 5.26 Å². The topological polar surface area (TPSA) is 143 Å². The average Bonchev–Trinajstić information content (AvgIpc) is 3.26. The Labute approximate surface area is 208 Å². The molecule has 36 heavy (non-hydrogen) atoms. The summed E-state index contributed by atoms with van der Waals surface area (Å²) in [7, 11) is -1.05. The van der Waals surface area contributed by atoms with Crippen LogP contribution in [0.5, 0.6) is 0 Å². The highest BCUT2D eigenvalue weighted by atomic mass is 32.2. The van der Waals surface area contributed by atoms with E-state index in [4.69, 9.17) is 15.2 Å². The van der Waals surface area contributed by atoms with Crippen LogP contribution < -0.4 is 14.9 Å². The van der Waals surface area contributed by atoms with Crippen LogP contribution in [0, 0.1) is 11.3 Å². The van der Waals surface area contributed by atoms with Crippen molar-refractivity contribution in [3.63, 3.8) is 0 Å². The standard InChI is InChI=1S/C25H24N4O6S/c1-34-24(30)21-20(16-7-4-3-5-8-16)19(15-26)23(27)29(22(21)25(31)35-2)18-11-9-17(10-12-18)28-13-6-14-36(28,32)33/h3-5,7-12,20H,6,13-14,27H2,1-2H3. The molecule has 2 heterocycles. The summed E-state index contributed by atoms with van der Waals surface area (Å²) in [6, 6.07) is 17.1. The van der Waals surface area contributed by atoms with Crippen molar-refractivity contribution in [3.05, 3.63) is 82.8 Å². The Balaban J connectivity index is 1.93. The molecule has 2 N–H and O–H groups in total. The largest absolute Gasteiger partial charge is 0.466 e. The average molecular weight is 509 g/mol. The second-order valence-corrected chi connectivity index (χ2v) is 10.1. The quantitative estimate of drug-likeness (QED) is 0.601. The smallest absolute Gasteiger partial charge is 0.355 e. The molecule has 1 fully saturated rings. The van der Waals surface area contributed by atoms with E-state index in [9.17, 15) is 23.3 Å². The van der Waals surface area contributed by atoms with Crippen molar-refractivity contribution < 1.29 is 27.5 Å². The first-order valence-electron chi connectivity index (χ1n) is 11.0. The van der Waals surface area contributed by atoms with Gasteiger partial charge in [0.15, 0.2) is 0 Å². The Morgan fingerprint density at radius 2 is 1.61 bits per heavy atom. The zero-order chi connectivity index (χ0) is 26.0. The van der Waals surface area contributed by atoms with Gasteiger partial charge in [-0.15, -0.1) is 0 Å². The van der Waals surface area contributed by atoms with E-state index in [-0.39, 0.29) is 28.4 Å².